The fourth-order valence-corrected chi connectivity index (χ4v) is 8.33. The lowest BCUT2D eigenvalue weighted by atomic mass is 10.0. The standard InChI is InChI=1S/C32H36F2N5O6PS/c1-19(40)37-13-10-23-7-8-26(31(43)38-12-3-5-24(38)14-20-4-2-11-35-17-20)39(23)30(42)25(18-37)36-29(41)28-16-21-15-22(6-9-27(21)47-28)32(33,34)46(44)45/h2,4,6,9,11,15-17,23-26,44-45H,3,5,7-8,10,12-14,18H2,1H3,(H,36,41)/t23-,24+,25+,26+/m1/s1. The summed E-state index contributed by atoms with van der Waals surface area (Å²) >= 11 is 1.03. The molecule has 0 unspecified atom stereocenters. The Bertz CT molecular complexity index is 1680. The third-order valence-electron chi connectivity index (χ3n) is 9.42. The van der Waals surface area contributed by atoms with Crippen LogP contribution in [0.3, 0.4) is 0 Å². The van der Waals surface area contributed by atoms with Crippen molar-refractivity contribution in [2.75, 3.05) is 19.6 Å². The quantitative estimate of drug-likeness (QED) is 0.323. The predicted molar refractivity (Wildman–Crippen MR) is 172 cm³/mol. The molecule has 15 heteroatoms. The lowest BCUT2D eigenvalue weighted by molar-refractivity contribution is -0.149. The number of benzene rings is 1. The van der Waals surface area contributed by atoms with Crippen molar-refractivity contribution in [3.63, 3.8) is 0 Å². The van der Waals surface area contributed by atoms with Gasteiger partial charge in [0.25, 0.3) is 5.91 Å². The third kappa shape index (κ3) is 6.74. The molecule has 47 heavy (non-hydrogen) atoms. The molecule has 0 spiro atoms. The number of nitrogens with zero attached hydrogens (tertiary/aromatic N) is 4. The monoisotopic (exact) mass is 687 g/mol. The summed E-state index contributed by atoms with van der Waals surface area (Å²) in [5.74, 6) is -1.40. The predicted octanol–water partition coefficient (Wildman–Crippen LogP) is 3.59. The topological polar surface area (TPSA) is 143 Å². The molecule has 4 atom stereocenters. The number of likely N-dealkylation sites (tertiary alicyclic amines) is 1. The van der Waals surface area contributed by atoms with Crippen LogP contribution in [0.15, 0.2) is 48.8 Å². The zero-order valence-electron chi connectivity index (χ0n) is 25.7. The highest BCUT2D eigenvalue weighted by atomic mass is 32.1. The highest BCUT2D eigenvalue weighted by Crippen LogP contribution is 2.53. The van der Waals surface area contributed by atoms with E-state index in [-0.39, 0.29) is 35.3 Å². The number of hydrogen-bond donors (Lipinski definition) is 3. The van der Waals surface area contributed by atoms with Crippen LogP contribution in [-0.4, -0.2) is 96.9 Å². The Morgan fingerprint density at radius 1 is 1.11 bits per heavy atom. The Labute approximate surface area is 275 Å². The molecule has 3 aliphatic rings. The normalized spacial score (nSPS) is 23.6. The fraction of sp³-hybridized carbons (Fsp3) is 0.469. The first-order valence-electron chi connectivity index (χ1n) is 15.6. The maximum absolute atomic E-state index is 14.3. The average molecular weight is 688 g/mol. The second-order valence-corrected chi connectivity index (χ2v) is 14.6. The molecule has 3 fully saturated rings. The summed E-state index contributed by atoms with van der Waals surface area (Å²) in [7, 11) is -3.56. The molecule has 2 aromatic heterocycles. The fourth-order valence-electron chi connectivity index (χ4n) is 7.02. The Balaban J connectivity index is 1.23. The first kappa shape index (κ1) is 33.3. The molecule has 3 N–H and O–H groups in total. The molecule has 0 saturated carbocycles. The number of fused-ring (bicyclic) bond motifs is 2. The zero-order chi connectivity index (χ0) is 33.5. The van der Waals surface area contributed by atoms with Crippen LogP contribution < -0.4 is 5.32 Å². The maximum atomic E-state index is 14.3. The van der Waals surface area contributed by atoms with Crippen molar-refractivity contribution in [3.8, 4) is 0 Å². The van der Waals surface area contributed by atoms with Crippen LogP contribution >= 0.6 is 19.7 Å². The number of rotatable bonds is 7. The van der Waals surface area contributed by atoms with Crippen molar-refractivity contribution in [3.05, 3.63) is 64.8 Å². The number of hydrogen-bond acceptors (Lipinski definition) is 8. The largest absolute Gasteiger partial charge is 0.346 e. The van der Waals surface area contributed by atoms with E-state index in [2.05, 4.69) is 10.3 Å². The van der Waals surface area contributed by atoms with Gasteiger partial charge in [0.05, 0.1) is 4.88 Å². The lowest BCUT2D eigenvalue weighted by Gasteiger charge is -2.39. The van der Waals surface area contributed by atoms with E-state index < -0.39 is 43.5 Å². The van der Waals surface area contributed by atoms with Gasteiger partial charge in [-0.15, -0.1) is 11.3 Å². The zero-order valence-corrected chi connectivity index (χ0v) is 27.4. The third-order valence-corrected chi connectivity index (χ3v) is 11.3. The number of carbonyl (C=O) groups is 4. The van der Waals surface area contributed by atoms with E-state index >= 15 is 0 Å². The van der Waals surface area contributed by atoms with Crippen molar-refractivity contribution < 1.29 is 37.7 Å². The van der Waals surface area contributed by atoms with Gasteiger partial charge in [-0.2, -0.15) is 8.78 Å². The molecule has 6 rings (SSSR count). The summed E-state index contributed by atoms with van der Waals surface area (Å²) in [6, 6.07) is 6.73. The molecular weight excluding hydrogens is 651 g/mol. The molecule has 0 bridgehead atoms. The van der Waals surface area contributed by atoms with Crippen LogP contribution in [0.1, 0.15) is 59.8 Å². The van der Waals surface area contributed by atoms with E-state index in [1.807, 2.05) is 17.0 Å². The summed E-state index contributed by atoms with van der Waals surface area (Å²) in [5, 5.41) is 3.08. The van der Waals surface area contributed by atoms with E-state index in [1.54, 1.807) is 17.3 Å². The molecule has 1 aromatic carbocycles. The summed E-state index contributed by atoms with van der Waals surface area (Å²) < 4.78 is 29.0. The van der Waals surface area contributed by atoms with Gasteiger partial charge >= 0.3 is 5.66 Å². The molecule has 3 saturated heterocycles. The molecule has 4 amide bonds. The average Bonchev–Trinajstić information content (AvgIpc) is 3.79. The van der Waals surface area contributed by atoms with Gasteiger partial charge in [-0.05, 0) is 73.7 Å². The SMILES string of the molecule is CC(=O)N1CC[C@H]2CC[C@@H](C(=O)N3CCC[C@H]3Cc3cccnc3)N2C(=O)[C@@H](NC(=O)c2cc3cc(C(F)(F)P(O)O)ccc3s2)C1. The highest BCUT2D eigenvalue weighted by molar-refractivity contribution is 7.46. The van der Waals surface area contributed by atoms with E-state index in [9.17, 15) is 37.7 Å². The van der Waals surface area contributed by atoms with Crippen LogP contribution in [0.5, 0.6) is 0 Å². The highest BCUT2D eigenvalue weighted by Gasteiger charge is 2.47. The summed E-state index contributed by atoms with van der Waals surface area (Å²) in [4.78, 5) is 82.2. The number of aromatic nitrogens is 1. The number of carbonyl (C=O) groups excluding carboxylic acids is 4. The minimum Gasteiger partial charge on any atom is -0.346 e. The van der Waals surface area contributed by atoms with Gasteiger partial charge in [0.1, 0.15) is 12.1 Å². The van der Waals surface area contributed by atoms with Crippen LogP contribution in [0.2, 0.25) is 0 Å². The van der Waals surface area contributed by atoms with Crippen LogP contribution in [0.4, 0.5) is 8.78 Å². The van der Waals surface area contributed by atoms with Crippen molar-refractivity contribution in [1.82, 2.24) is 25.0 Å². The Morgan fingerprint density at radius 2 is 1.91 bits per heavy atom. The molecule has 0 radical (unpaired) electrons. The van der Waals surface area contributed by atoms with Gasteiger partial charge in [0, 0.05) is 61.3 Å². The lowest BCUT2D eigenvalue weighted by Crippen LogP contribution is -2.61. The van der Waals surface area contributed by atoms with E-state index in [1.165, 1.54) is 24.0 Å². The summed E-state index contributed by atoms with van der Waals surface area (Å²) in [6.07, 6.45) is 7.50. The van der Waals surface area contributed by atoms with Gasteiger partial charge in [0.2, 0.25) is 26.1 Å². The second-order valence-electron chi connectivity index (χ2n) is 12.4. The molecule has 250 valence electrons. The van der Waals surface area contributed by atoms with Crippen LogP contribution in [0, 0.1) is 0 Å². The van der Waals surface area contributed by atoms with Gasteiger partial charge in [-0.3, -0.25) is 24.2 Å². The van der Waals surface area contributed by atoms with Crippen LogP contribution in [0.25, 0.3) is 10.1 Å². The first-order valence-corrected chi connectivity index (χ1v) is 17.7. The summed E-state index contributed by atoms with van der Waals surface area (Å²) in [5.41, 5.74) is -3.40. The van der Waals surface area contributed by atoms with Gasteiger partial charge in [0.15, 0.2) is 0 Å². The van der Waals surface area contributed by atoms with Gasteiger partial charge < -0.3 is 29.8 Å². The smallest absolute Gasteiger partial charge is 0.339 e. The maximum Gasteiger partial charge on any atom is 0.339 e. The van der Waals surface area contributed by atoms with E-state index in [0.29, 0.717) is 48.9 Å². The molecule has 3 aromatic rings. The first-order chi connectivity index (χ1) is 22.4. The molecule has 5 heterocycles. The number of amides is 4. The van der Waals surface area contributed by atoms with E-state index in [4.69, 9.17) is 0 Å². The number of nitrogens with one attached hydrogen (secondary N) is 1. The number of halogens is 2. The van der Waals surface area contributed by atoms with Crippen LogP contribution in [-0.2, 0) is 26.5 Å². The Kier molecular flexibility index (Phi) is 9.57. The van der Waals surface area contributed by atoms with Gasteiger partial charge in [-0.1, -0.05) is 12.1 Å². The number of alkyl halides is 2. The molecular formula is C32H36F2N5O6PS. The minimum atomic E-state index is -3.84. The van der Waals surface area contributed by atoms with Gasteiger partial charge in [-0.25, -0.2) is 0 Å². The number of thiophene rings is 1. The second kappa shape index (κ2) is 13.5. The minimum absolute atomic E-state index is 0.00512. The van der Waals surface area contributed by atoms with Crippen molar-refractivity contribution >= 4 is 53.4 Å². The Hall–Kier alpha value is -3.58. The summed E-state index contributed by atoms with van der Waals surface area (Å²) in [6.45, 7) is 2.30. The molecule has 0 aliphatic carbocycles. The van der Waals surface area contributed by atoms with E-state index in [0.717, 1.165) is 41.9 Å². The van der Waals surface area contributed by atoms with Crippen molar-refractivity contribution in [1.29, 1.82) is 0 Å². The number of pyridine rings is 1. The van der Waals surface area contributed by atoms with Crippen molar-refractivity contribution in [2.24, 2.45) is 0 Å². The molecule has 11 nitrogen and oxygen atoms in total. The Morgan fingerprint density at radius 3 is 2.64 bits per heavy atom. The van der Waals surface area contributed by atoms with Crippen molar-refractivity contribution in [2.45, 2.75) is 75.3 Å². The molecule has 3 aliphatic heterocycles.